The van der Waals surface area contributed by atoms with E-state index in [9.17, 15) is 8.42 Å². The number of hydrogen-bond donors (Lipinski definition) is 1. The maximum atomic E-state index is 11.4. The van der Waals surface area contributed by atoms with Gasteiger partial charge in [-0.1, -0.05) is 6.92 Å². The Bertz CT molecular complexity index is 657. The fourth-order valence-electron chi connectivity index (χ4n) is 1.69. The molecule has 0 bridgehead atoms. The standard InChI is InChI=1S/C12H14N2O3S/c1-3-10-11(17-12(13)14-10)8-4-6-9(7-5-8)18(2,15)16/h4-7H,3H2,1-2H3,(H2,13,14). The van der Waals surface area contributed by atoms with Crippen molar-refractivity contribution < 1.29 is 12.8 Å². The number of nitrogens with two attached hydrogens (primary N) is 1. The Kier molecular flexibility index (Phi) is 3.13. The molecule has 2 aromatic rings. The van der Waals surface area contributed by atoms with Crippen LogP contribution in [0.3, 0.4) is 0 Å². The molecule has 0 fully saturated rings. The van der Waals surface area contributed by atoms with Crippen molar-refractivity contribution >= 4 is 15.9 Å². The van der Waals surface area contributed by atoms with Gasteiger partial charge in [0.05, 0.1) is 10.6 Å². The van der Waals surface area contributed by atoms with Crippen molar-refractivity contribution in [1.82, 2.24) is 4.98 Å². The number of anilines is 1. The van der Waals surface area contributed by atoms with Crippen molar-refractivity contribution in [2.75, 3.05) is 12.0 Å². The topological polar surface area (TPSA) is 86.2 Å². The van der Waals surface area contributed by atoms with E-state index >= 15 is 0 Å². The van der Waals surface area contributed by atoms with Gasteiger partial charge < -0.3 is 10.2 Å². The van der Waals surface area contributed by atoms with Crippen LogP contribution in [0.5, 0.6) is 0 Å². The second kappa shape index (κ2) is 4.45. The molecule has 0 amide bonds. The van der Waals surface area contributed by atoms with Crippen LogP contribution in [-0.4, -0.2) is 19.7 Å². The monoisotopic (exact) mass is 266 g/mol. The Hall–Kier alpha value is -1.82. The summed E-state index contributed by atoms with van der Waals surface area (Å²) in [5.74, 6) is 0.593. The maximum absolute atomic E-state index is 11.4. The average Bonchev–Trinajstić information content (AvgIpc) is 2.69. The average molecular weight is 266 g/mol. The van der Waals surface area contributed by atoms with Crippen LogP contribution in [0.1, 0.15) is 12.6 Å². The summed E-state index contributed by atoms with van der Waals surface area (Å²) in [6.45, 7) is 1.95. The van der Waals surface area contributed by atoms with Crippen molar-refractivity contribution in [3.05, 3.63) is 30.0 Å². The van der Waals surface area contributed by atoms with Gasteiger partial charge in [0.1, 0.15) is 0 Å². The first-order valence-electron chi connectivity index (χ1n) is 5.47. The van der Waals surface area contributed by atoms with Crippen LogP contribution in [0, 0.1) is 0 Å². The molecular weight excluding hydrogens is 252 g/mol. The largest absolute Gasteiger partial charge is 0.423 e. The number of aryl methyl sites for hydroxylation is 1. The molecule has 0 radical (unpaired) electrons. The SMILES string of the molecule is CCc1nc(N)oc1-c1ccc(S(C)(=O)=O)cc1. The molecule has 2 N–H and O–H groups in total. The lowest BCUT2D eigenvalue weighted by atomic mass is 10.1. The van der Waals surface area contributed by atoms with E-state index in [1.807, 2.05) is 6.92 Å². The van der Waals surface area contributed by atoms with E-state index in [0.29, 0.717) is 12.2 Å². The third kappa shape index (κ3) is 2.38. The highest BCUT2D eigenvalue weighted by Crippen LogP contribution is 2.27. The molecule has 0 aliphatic heterocycles. The summed E-state index contributed by atoms with van der Waals surface area (Å²) in [7, 11) is -3.18. The Labute approximate surface area is 106 Å². The van der Waals surface area contributed by atoms with Gasteiger partial charge in [0.15, 0.2) is 15.6 Å². The summed E-state index contributed by atoms with van der Waals surface area (Å²) in [5.41, 5.74) is 7.05. The summed E-state index contributed by atoms with van der Waals surface area (Å²) < 4.78 is 28.0. The highest BCUT2D eigenvalue weighted by atomic mass is 32.2. The first kappa shape index (κ1) is 12.6. The minimum absolute atomic E-state index is 0.119. The van der Waals surface area contributed by atoms with E-state index in [2.05, 4.69) is 4.98 Å². The molecule has 0 aliphatic rings. The van der Waals surface area contributed by atoms with Crippen LogP contribution >= 0.6 is 0 Å². The molecule has 1 aromatic heterocycles. The van der Waals surface area contributed by atoms with Crippen LogP contribution in [-0.2, 0) is 16.3 Å². The third-order valence-corrected chi connectivity index (χ3v) is 3.72. The Morgan fingerprint density at radius 2 is 1.89 bits per heavy atom. The third-order valence-electron chi connectivity index (χ3n) is 2.59. The minimum Gasteiger partial charge on any atom is -0.423 e. The van der Waals surface area contributed by atoms with E-state index in [4.69, 9.17) is 10.2 Å². The highest BCUT2D eigenvalue weighted by molar-refractivity contribution is 7.90. The van der Waals surface area contributed by atoms with Gasteiger partial charge in [0.2, 0.25) is 0 Å². The summed E-state index contributed by atoms with van der Waals surface area (Å²) >= 11 is 0. The van der Waals surface area contributed by atoms with Crippen LogP contribution < -0.4 is 5.73 Å². The molecule has 6 heteroatoms. The van der Waals surface area contributed by atoms with Gasteiger partial charge in [-0.15, -0.1) is 0 Å². The predicted molar refractivity (Wildman–Crippen MR) is 68.8 cm³/mol. The lowest BCUT2D eigenvalue weighted by molar-refractivity contribution is 0.592. The Morgan fingerprint density at radius 1 is 1.28 bits per heavy atom. The number of rotatable bonds is 3. The molecule has 96 valence electrons. The second-order valence-corrected chi connectivity index (χ2v) is 5.99. The summed E-state index contributed by atoms with van der Waals surface area (Å²) in [6, 6.07) is 6.59. The van der Waals surface area contributed by atoms with Crippen molar-refractivity contribution in [3.63, 3.8) is 0 Å². The lowest BCUT2D eigenvalue weighted by Gasteiger charge is -2.01. The van der Waals surface area contributed by atoms with Gasteiger partial charge >= 0.3 is 0 Å². The normalized spacial score (nSPS) is 11.7. The van der Waals surface area contributed by atoms with Crippen LogP contribution in [0.4, 0.5) is 6.01 Å². The molecule has 0 aliphatic carbocycles. The molecule has 0 atom stereocenters. The Morgan fingerprint density at radius 3 is 2.39 bits per heavy atom. The molecule has 1 aromatic carbocycles. The Balaban J connectivity index is 2.46. The van der Waals surface area contributed by atoms with Gasteiger partial charge in [0, 0.05) is 11.8 Å². The molecule has 5 nitrogen and oxygen atoms in total. The number of nitrogen functional groups attached to an aromatic ring is 1. The molecular formula is C12H14N2O3S. The van der Waals surface area contributed by atoms with E-state index in [1.165, 1.54) is 6.26 Å². The molecule has 0 unspecified atom stereocenters. The minimum atomic E-state index is -3.18. The lowest BCUT2D eigenvalue weighted by Crippen LogP contribution is -1.96. The quantitative estimate of drug-likeness (QED) is 0.916. The fourth-order valence-corrected chi connectivity index (χ4v) is 2.32. The highest BCUT2D eigenvalue weighted by Gasteiger charge is 2.13. The molecule has 0 saturated carbocycles. The number of oxazole rings is 1. The zero-order chi connectivity index (χ0) is 13.3. The zero-order valence-electron chi connectivity index (χ0n) is 10.2. The van der Waals surface area contributed by atoms with Crippen molar-refractivity contribution in [2.24, 2.45) is 0 Å². The number of aromatic nitrogens is 1. The number of hydrogen-bond acceptors (Lipinski definition) is 5. The van der Waals surface area contributed by atoms with Crippen molar-refractivity contribution in [3.8, 4) is 11.3 Å². The predicted octanol–water partition coefficient (Wildman–Crippen LogP) is 1.89. The van der Waals surface area contributed by atoms with Crippen LogP contribution in [0.15, 0.2) is 33.6 Å². The van der Waals surface area contributed by atoms with E-state index < -0.39 is 9.84 Å². The van der Waals surface area contributed by atoms with Gasteiger partial charge in [0.25, 0.3) is 6.01 Å². The number of sulfone groups is 1. The van der Waals surface area contributed by atoms with Gasteiger partial charge in [-0.25, -0.2) is 8.42 Å². The number of nitrogens with zero attached hydrogens (tertiary/aromatic N) is 1. The number of benzene rings is 1. The van der Waals surface area contributed by atoms with Crippen molar-refractivity contribution in [2.45, 2.75) is 18.2 Å². The van der Waals surface area contributed by atoms with Gasteiger partial charge in [-0.2, -0.15) is 4.98 Å². The van der Waals surface area contributed by atoms with Gasteiger partial charge in [-0.05, 0) is 30.7 Å². The van der Waals surface area contributed by atoms with E-state index in [-0.39, 0.29) is 10.9 Å². The molecule has 1 heterocycles. The van der Waals surface area contributed by atoms with Gasteiger partial charge in [-0.3, -0.25) is 0 Å². The molecule has 18 heavy (non-hydrogen) atoms. The van der Waals surface area contributed by atoms with Crippen LogP contribution in [0.25, 0.3) is 11.3 Å². The molecule has 0 spiro atoms. The molecule has 2 rings (SSSR count). The summed E-state index contributed by atoms with van der Waals surface area (Å²) in [5, 5.41) is 0. The second-order valence-electron chi connectivity index (χ2n) is 3.98. The first-order chi connectivity index (χ1) is 8.41. The zero-order valence-corrected chi connectivity index (χ0v) is 11.0. The summed E-state index contributed by atoms with van der Waals surface area (Å²) in [6.07, 6.45) is 1.87. The molecule has 0 saturated heterocycles. The van der Waals surface area contributed by atoms with Crippen LogP contribution in [0.2, 0.25) is 0 Å². The summed E-state index contributed by atoms with van der Waals surface area (Å²) in [4.78, 5) is 4.34. The van der Waals surface area contributed by atoms with E-state index in [0.717, 1.165) is 11.3 Å². The van der Waals surface area contributed by atoms with Crippen molar-refractivity contribution in [1.29, 1.82) is 0 Å². The fraction of sp³-hybridized carbons (Fsp3) is 0.250. The smallest absolute Gasteiger partial charge is 0.292 e. The first-order valence-corrected chi connectivity index (χ1v) is 7.36. The van der Waals surface area contributed by atoms with E-state index in [1.54, 1.807) is 24.3 Å². The maximum Gasteiger partial charge on any atom is 0.292 e.